The van der Waals surface area contributed by atoms with E-state index in [2.05, 4.69) is 15.9 Å². The molecule has 1 unspecified atom stereocenters. The summed E-state index contributed by atoms with van der Waals surface area (Å²) in [5.74, 6) is 0.151. The predicted molar refractivity (Wildman–Crippen MR) is 68.8 cm³/mol. The Labute approximate surface area is 114 Å². The van der Waals surface area contributed by atoms with Gasteiger partial charge in [-0.05, 0) is 35.0 Å². The van der Waals surface area contributed by atoms with Gasteiger partial charge < -0.3 is 19.3 Å². The number of aliphatic hydroxyl groups is 1. The molecule has 0 radical (unpaired) electrons. The van der Waals surface area contributed by atoms with E-state index in [9.17, 15) is 9.90 Å². The number of hydrogen-bond acceptors (Lipinski definition) is 5. The molecule has 1 aromatic rings. The van der Waals surface area contributed by atoms with Crippen LogP contribution in [0.2, 0.25) is 0 Å². The summed E-state index contributed by atoms with van der Waals surface area (Å²) in [6.45, 7) is 1.87. The normalized spacial score (nSPS) is 11.8. The van der Waals surface area contributed by atoms with Crippen molar-refractivity contribution in [3.05, 3.63) is 22.2 Å². The summed E-state index contributed by atoms with van der Waals surface area (Å²) in [5.41, 5.74) is 0.302. The number of methoxy groups -OCH3 is 2. The second kappa shape index (κ2) is 6.61. The fourth-order valence-electron chi connectivity index (χ4n) is 1.45. The molecule has 6 heteroatoms. The van der Waals surface area contributed by atoms with Gasteiger partial charge in [0, 0.05) is 5.56 Å². The lowest BCUT2D eigenvalue weighted by Crippen LogP contribution is -2.16. The maximum absolute atomic E-state index is 11.5. The van der Waals surface area contributed by atoms with Gasteiger partial charge in [-0.3, -0.25) is 0 Å². The van der Waals surface area contributed by atoms with Crippen LogP contribution in [0, 0.1) is 0 Å². The SMILES string of the molecule is CCOC(=O)C(O)c1cc(OC)c(Br)cc1OC. The van der Waals surface area contributed by atoms with Crippen LogP contribution in [0.5, 0.6) is 11.5 Å². The molecule has 1 rings (SSSR count). The standard InChI is InChI=1S/C12H15BrO5/c1-4-18-12(15)11(14)7-5-10(17-3)8(13)6-9(7)16-2/h5-6,11,14H,4H2,1-3H3. The lowest BCUT2D eigenvalue weighted by molar-refractivity contribution is -0.153. The number of benzene rings is 1. The molecule has 0 spiro atoms. The van der Waals surface area contributed by atoms with Crippen LogP contribution < -0.4 is 9.47 Å². The van der Waals surface area contributed by atoms with E-state index in [1.807, 2.05) is 0 Å². The van der Waals surface area contributed by atoms with Gasteiger partial charge in [0.1, 0.15) is 11.5 Å². The molecule has 0 aliphatic rings. The minimum atomic E-state index is -1.40. The first kappa shape index (κ1) is 14.8. The van der Waals surface area contributed by atoms with Gasteiger partial charge in [-0.1, -0.05) is 0 Å². The third-order valence-electron chi connectivity index (χ3n) is 2.31. The molecule has 5 nitrogen and oxygen atoms in total. The zero-order chi connectivity index (χ0) is 13.7. The highest BCUT2D eigenvalue weighted by atomic mass is 79.9. The van der Waals surface area contributed by atoms with Gasteiger partial charge in [-0.2, -0.15) is 0 Å². The van der Waals surface area contributed by atoms with Crippen LogP contribution in [0.25, 0.3) is 0 Å². The molecular formula is C12H15BrO5. The molecule has 0 saturated heterocycles. The number of hydrogen-bond donors (Lipinski definition) is 1. The third kappa shape index (κ3) is 3.14. The summed E-state index contributed by atoms with van der Waals surface area (Å²) in [6, 6.07) is 3.15. The highest BCUT2D eigenvalue weighted by Crippen LogP contribution is 2.36. The quantitative estimate of drug-likeness (QED) is 0.842. The molecule has 100 valence electrons. The van der Waals surface area contributed by atoms with E-state index in [1.54, 1.807) is 13.0 Å². The summed E-state index contributed by atoms with van der Waals surface area (Å²) < 4.78 is 15.7. The van der Waals surface area contributed by atoms with Crippen molar-refractivity contribution < 1.29 is 24.1 Å². The first-order valence-electron chi connectivity index (χ1n) is 5.31. The van der Waals surface area contributed by atoms with Gasteiger partial charge in [0.05, 0.1) is 25.3 Å². The predicted octanol–water partition coefficient (Wildman–Crippen LogP) is 2.06. The maximum Gasteiger partial charge on any atom is 0.339 e. The van der Waals surface area contributed by atoms with Crippen molar-refractivity contribution in [2.45, 2.75) is 13.0 Å². The highest BCUT2D eigenvalue weighted by molar-refractivity contribution is 9.10. The first-order valence-corrected chi connectivity index (χ1v) is 6.10. The molecule has 1 atom stereocenters. The van der Waals surface area contributed by atoms with E-state index in [4.69, 9.17) is 14.2 Å². The van der Waals surface area contributed by atoms with Crippen molar-refractivity contribution in [3.63, 3.8) is 0 Å². The smallest absolute Gasteiger partial charge is 0.339 e. The largest absolute Gasteiger partial charge is 0.496 e. The summed E-state index contributed by atoms with van der Waals surface area (Å²) in [6.07, 6.45) is -1.40. The van der Waals surface area contributed by atoms with Crippen LogP contribution in [0.4, 0.5) is 0 Å². The lowest BCUT2D eigenvalue weighted by atomic mass is 10.1. The minimum absolute atomic E-state index is 0.200. The number of aliphatic hydroxyl groups excluding tert-OH is 1. The second-order valence-electron chi connectivity index (χ2n) is 3.38. The van der Waals surface area contributed by atoms with Crippen LogP contribution in [-0.2, 0) is 9.53 Å². The highest BCUT2D eigenvalue weighted by Gasteiger charge is 2.24. The van der Waals surface area contributed by atoms with Crippen molar-refractivity contribution in [1.82, 2.24) is 0 Å². The van der Waals surface area contributed by atoms with E-state index in [1.165, 1.54) is 20.3 Å². The molecule has 0 saturated carbocycles. The Hall–Kier alpha value is -1.27. The topological polar surface area (TPSA) is 65.0 Å². The molecule has 0 aliphatic carbocycles. The number of halogens is 1. The van der Waals surface area contributed by atoms with E-state index in [0.717, 1.165) is 0 Å². The average Bonchev–Trinajstić information content (AvgIpc) is 2.37. The summed E-state index contributed by atoms with van der Waals surface area (Å²) in [7, 11) is 2.95. The van der Waals surface area contributed by atoms with Crippen molar-refractivity contribution in [3.8, 4) is 11.5 Å². The minimum Gasteiger partial charge on any atom is -0.496 e. The van der Waals surface area contributed by atoms with E-state index >= 15 is 0 Å². The van der Waals surface area contributed by atoms with Gasteiger partial charge in [0.25, 0.3) is 0 Å². The Kier molecular flexibility index (Phi) is 5.43. The van der Waals surface area contributed by atoms with Crippen LogP contribution >= 0.6 is 15.9 Å². The zero-order valence-electron chi connectivity index (χ0n) is 10.4. The van der Waals surface area contributed by atoms with Gasteiger partial charge in [0.2, 0.25) is 0 Å². The molecule has 1 N–H and O–H groups in total. The Morgan fingerprint density at radius 2 is 1.94 bits per heavy atom. The monoisotopic (exact) mass is 318 g/mol. The number of esters is 1. The molecule has 0 amide bonds. The van der Waals surface area contributed by atoms with Crippen LogP contribution in [0.3, 0.4) is 0 Å². The fraction of sp³-hybridized carbons (Fsp3) is 0.417. The first-order chi connectivity index (χ1) is 8.54. The van der Waals surface area contributed by atoms with Crippen molar-refractivity contribution in [2.24, 2.45) is 0 Å². The average molecular weight is 319 g/mol. The molecule has 0 heterocycles. The second-order valence-corrected chi connectivity index (χ2v) is 4.24. The number of carbonyl (C=O) groups excluding carboxylic acids is 1. The number of rotatable bonds is 5. The number of carbonyl (C=O) groups is 1. The Morgan fingerprint density at radius 1 is 1.33 bits per heavy atom. The van der Waals surface area contributed by atoms with E-state index < -0.39 is 12.1 Å². The van der Waals surface area contributed by atoms with Gasteiger partial charge in [0.15, 0.2) is 6.10 Å². The van der Waals surface area contributed by atoms with Crippen molar-refractivity contribution >= 4 is 21.9 Å². The molecule has 1 aromatic carbocycles. The van der Waals surface area contributed by atoms with E-state index in [0.29, 0.717) is 21.5 Å². The molecule has 0 aromatic heterocycles. The van der Waals surface area contributed by atoms with Crippen LogP contribution in [-0.4, -0.2) is 31.9 Å². The van der Waals surface area contributed by atoms with Gasteiger partial charge in [-0.25, -0.2) is 4.79 Å². The molecule has 18 heavy (non-hydrogen) atoms. The van der Waals surface area contributed by atoms with Gasteiger partial charge in [-0.15, -0.1) is 0 Å². The Bertz CT molecular complexity index is 433. The summed E-state index contributed by atoms with van der Waals surface area (Å²) in [5, 5.41) is 9.92. The van der Waals surface area contributed by atoms with Crippen molar-refractivity contribution in [2.75, 3.05) is 20.8 Å². The van der Waals surface area contributed by atoms with E-state index in [-0.39, 0.29) is 6.61 Å². The molecule has 0 bridgehead atoms. The number of ether oxygens (including phenoxy) is 3. The van der Waals surface area contributed by atoms with Crippen LogP contribution in [0.1, 0.15) is 18.6 Å². The summed E-state index contributed by atoms with van der Waals surface area (Å²) in [4.78, 5) is 11.5. The van der Waals surface area contributed by atoms with Crippen molar-refractivity contribution in [1.29, 1.82) is 0 Å². The molecule has 0 aliphatic heterocycles. The maximum atomic E-state index is 11.5. The van der Waals surface area contributed by atoms with Crippen LogP contribution in [0.15, 0.2) is 16.6 Å². The Morgan fingerprint density at radius 3 is 2.44 bits per heavy atom. The Balaban J connectivity index is 3.16. The third-order valence-corrected chi connectivity index (χ3v) is 2.93. The fourth-order valence-corrected chi connectivity index (χ4v) is 1.93. The summed E-state index contributed by atoms with van der Waals surface area (Å²) >= 11 is 3.30. The van der Waals surface area contributed by atoms with Gasteiger partial charge >= 0.3 is 5.97 Å². The zero-order valence-corrected chi connectivity index (χ0v) is 12.0. The molecule has 0 fully saturated rings. The lowest BCUT2D eigenvalue weighted by Gasteiger charge is -2.15. The molecular weight excluding hydrogens is 304 g/mol.